The third kappa shape index (κ3) is 4.31. The van der Waals surface area contributed by atoms with Crippen LogP contribution in [0.25, 0.3) is 0 Å². The van der Waals surface area contributed by atoms with E-state index in [2.05, 4.69) is 5.32 Å². The molecular weight excluding hydrogens is 325 g/mol. The van der Waals surface area contributed by atoms with Crippen LogP contribution < -0.4 is 10.1 Å². The van der Waals surface area contributed by atoms with Gasteiger partial charge in [0.05, 0.1) is 6.61 Å². The Balaban J connectivity index is 1.85. The van der Waals surface area contributed by atoms with Gasteiger partial charge >= 0.3 is 12.2 Å². The third-order valence-corrected chi connectivity index (χ3v) is 4.06. The molecule has 0 aromatic heterocycles. The lowest BCUT2D eigenvalue weighted by atomic mass is 9.91. The molecule has 0 atom stereocenters. The summed E-state index contributed by atoms with van der Waals surface area (Å²) in [6.07, 6.45) is -5.69. The van der Waals surface area contributed by atoms with E-state index < -0.39 is 30.7 Å². The van der Waals surface area contributed by atoms with Crippen LogP contribution in [-0.4, -0.2) is 47.5 Å². The first-order valence-electron chi connectivity index (χ1n) is 7.79. The molecule has 1 aliphatic rings. The molecule has 2 amide bonds. The summed E-state index contributed by atoms with van der Waals surface area (Å²) < 4.78 is 43.6. The molecule has 2 rings (SSSR count). The molecule has 0 bridgehead atoms. The normalized spacial score (nSPS) is 17.5. The van der Waals surface area contributed by atoms with Crippen molar-refractivity contribution >= 4 is 6.03 Å². The molecule has 8 heteroatoms. The minimum Gasteiger partial charge on any atom is -0.494 e. The van der Waals surface area contributed by atoms with Crippen LogP contribution in [0, 0.1) is 0 Å². The Bertz CT molecular complexity index is 570. The highest BCUT2D eigenvalue weighted by atomic mass is 19.4. The molecule has 5 nitrogen and oxygen atoms in total. The molecule has 0 saturated carbocycles. The maximum Gasteiger partial charge on any atom is 0.417 e. The molecule has 1 heterocycles. The molecule has 134 valence electrons. The highest BCUT2D eigenvalue weighted by Crippen LogP contribution is 2.38. The molecule has 2 N–H and O–H groups in total. The predicted octanol–water partition coefficient (Wildman–Crippen LogP) is 2.68. The van der Waals surface area contributed by atoms with Gasteiger partial charge in [-0.2, -0.15) is 13.2 Å². The van der Waals surface area contributed by atoms with E-state index in [1.807, 2.05) is 13.0 Å². The molecule has 24 heavy (non-hydrogen) atoms. The fourth-order valence-electron chi connectivity index (χ4n) is 2.56. The van der Waals surface area contributed by atoms with Crippen LogP contribution in [0.2, 0.25) is 0 Å². The van der Waals surface area contributed by atoms with Crippen molar-refractivity contribution in [2.24, 2.45) is 0 Å². The molecule has 1 aromatic carbocycles. The maximum atomic E-state index is 12.7. The highest BCUT2D eigenvalue weighted by molar-refractivity contribution is 5.74. The molecule has 0 unspecified atom stereocenters. The van der Waals surface area contributed by atoms with E-state index >= 15 is 0 Å². The van der Waals surface area contributed by atoms with Crippen LogP contribution in [0.15, 0.2) is 24.3 Å². The number of rotatable bonds is 4. The largest absolute Gasteiger partial charge is 0.494 e. The van der Waals surface area contributed by atoms with E-state index in [4.69, 9.17) is 4.74 Å². The molecular formula is C16H21F3N2O3. The number of aliphatic hydroxyl groups is 1. The lowest BCUT2D eigenvalue weighted by Gasteiger charge is -2.39. The summed E-state index contributed by atoms with van der Waals surface area (Å²) in [5, 5.41) is 12.3. The summed E-state index contributed by atoms with van der Waals surface area (Å²) in [7, 11) is 0. The van der Waals surface area contributed by atoms with E-state index in [9.17, 15) is 23.1 Å². The van der Waals surface area contributed by atoms with Gasteiger partial charge in [0.1, 0.15) is 5.75 Å². The van der Waals surface area contributed by atoms with Gasteiger partial charge in [-0.1, -0.05) is 12.1 Å². The van der Waals surface area contributed by atoms with Gasteiger partial charge in [-0.25, -0.2) is 4.79 Å². The fourth-order valence-corrected chi connectivity index (χ4v) is 2.56. The summed E-state index contributed by atoms with van der Waals surface area (Å²) in [5.41, 5.74) is -1.87. The minimum absolute atomic E-state index is 0.138. The predicted molar refractivity (Wildman–Crippen MR) is 81.7 cm³/mol. The van der Waals surface area contributed by atoms with Gasteiger partial charge < -0.3 is 20.1 Å². The summed E-state index contributed by atoms with van der Waals surface area (Å²) in [5.74, 6) is 0.692. The lowest BCUT2D eigenvalue weighted by Crippen LogP contribution is -2.55. The molecule has 1 fully saturated rings. The first kappa shape index (κ1) is 18.4. The number of alkyl halides is 3. The van der Waals surface area contributed by atoms with Crippen molar-refractivity contribution in [3.63, 3.8) is 0 Å². The number of likely N-dealkylation sites (tertiary alicyclic amines) is 1. The quantitative estimate of drug-likeness (QED) is 0.881. The second kappa shape index (κ2) is 7.29. The standard InChI is InChI=1S/C16H21F3N2O3/c1-2-24-13-5-3-4-12(10-13)11-20-14(22)21-8-6-15(23,7-9-21)16(17,18)19/h3-5,10,23H,2,6-9,11H2,1H3,(H,20,22). The Morgan fingerprint density at radius 3 is 2.62 bits per heavy atom. The second-order valence-electron chi connectivity index (χ2n) is 5.76. The Kier molecular flexibility index (Phi) is 5.58. The number of nitrogens with one attached hydrogen (secondary N) is 1. The van der Waals surface area contributed by atoms with Gasteiger partial charge in [0.2, 0.25) is 0 Å². The van der Waals surface area contributed by atoms with Gasteiger partial charge in [0.15, 0.2) is 5.60 Å². The maximum absolute atomic E-state index is 12.7. The SMILES string of the molecule is CCOc1cccc(CNC(=O)N2CCC(O)(C(F)(F)F)CC2)c1. The van der Waals surface area contributed by atoms with Crippen molar-refractivity contribution in [2.45, 2.75) is 38.1 Å². The number of carbonyl (C=O) groups excluding carboxylic acids is 1. The number of hydrogen-bond acceptors (Lipinski definition) is 3. The number of halogens is 3. The number of hydrogen-bond donors (Lipinski definition) is 2. The van der Waals surface area contributed by atoms with Crippen molar-refractivity contribution in [2.75, 3.05) is 19.7 Å². The molecule has 0 radical (unpaired) electrons. The lowest BCUT2D eigenvalue weighted by molar-refractivity contribution is -0.271. The van der Waals surface area contributed by atoms with Crippen LogP contribution in [0.3, 0.4) is 0 Å². The Morgan fingerprint density at radius 2 is 2.04 bits per heavy atom. The van der Waals surface area contributed by atoms with E-state index in [-0.39, 0.29) is 19.6 Å². The molecule has 1 aromatic rings. The van der Waals surface area contributed by atoms with Gasteiger partial charge in [-0.3, -0.25) is 0 Å². The van der Waals surface area contributed by atoms with E-state index in [0.29, 0.717) is 12.4 Å². The van der Waals surface area contributed by atoms with Crippen molar-refractivity contribution in [3.05, 3.63) is 29.8 Å². The van der Waals surface area contributed by atoms with Crippen LogP contribution in [-0.2, 0) is 6.54 Å². The van der Waals surface area contributed by atoms with Gasteiger partial charge in [0.25, 0.3) is 0 Å². The molecule has 0 aliphatic carbocycles. The van der Waals surface area contributed by atoms with Crippen molar-refractivity contribution in [1.82, 2.24) is 10.2 Å². The first-order valence-corrected chi connectivity index (χ1v) is 7.79. The average Bonchev–Trinajstić information content (AvgIpc) is 2.53. The van der Waals surface area contributed by atoms with Crippen LogP contribution in [0.4, 0.5) is 18.0 Å². The molecule has 0 spiro atoms. The van der Waals surface area contributed by atoms with E-state index in [1.54, 1.807) is 18.2 Å². The topological polar surface area (TPSA) is 61.8 Å². The van der Waals surface area contributed by atoms with Crippen molar-refractivity contribution < 1.29 is 27.8 Å². The summed E-state index contributed by atoms with van der Waals surface area (Å²) in [4.78, 5) is 13.3. The first-order chi connectivity index (χ1) is 11.2. The Labute approximate surface area is 138 Å². The summed E-state index contributed by atoms with van der Waals surface area (Å²) in [6, 6.07) is 6.78. The zero-order valence-electron chi connectivity index (χ0n) is 13.4. The number of carbonyl (C=O) groups is 1. The van der Waals surface area contributed by atoms with E-state index in [1.165, 1.54) is 4.90 Å². The number of nitrogens with zero attached hydrogens (tertiary/aromatic N) is 1. The summed E-state index contributed by atoms with van der Waals surface area (Å²) >= 11 is 0. The van der Waals surface area contributed by atoms with Gasteiger partial charge in [-0.05, 0) is 24.6 Å². The smallest absolute Gasteiger partial charge is 0.417 e. The highest BCUT2D eigenvalue weighted by Gasteiger charge is 2.54. The number of benzene rings is 1. The molecule has 1 aliphatic heterocycles. The van der Waals surface area contributed by atoms with Crippen molar-refractivity contribution in [1.29, 1.82) is 0 Å². The van der Waals surface area contributed by atoms with Crippen LogP contribution in [0.1, 0.15) is 25.3 Å². The number of ether oxygens (including phenoxy) is 1. The number of amides is 2. The van der Waals surface area contributed by atoms with Crippen LogP contribution >= 0.6 is 0 Å². The Hall–Kier alpha value is -1.96. The van der Waals surface area contributed by atoms with E-state index in [0.717, 1.165) is 5.56 Å². The third-order valence-electron chi connectivity index (χ3n) is 4.06. The summed E-state index contributed by atoms with van der Waals surface area (Å²) in [6.45, 7) is 2.38. The zero-order valence-corrected chi connectivity index (χ0v) is 13.4. The average molecular weight is 346 g/mol. The van der Waals surface area contributed by atoms with Gasteiger partial charge in [0, 0.05) is 32.5 Å². The van der Waals surface area contributed by atoms with Crippen molar-refractivity contribution in [3.8, 4) is 5.75 Å². The fraction of sp³-hybridized carbons (Fsp3) is 0.562. The second-order valence-corrected chi connectivity index (χ2v) is 5.76. The number of piperidine rings is 1. The Morgan fingerprint density at radius 1 is 1.38 bits per heavy atom. The zero-order chi connectivity index (χ0) is 17.8. The number of urea groups is 1. The molecule has 1 saturated heterocycles. The van der Waals surface area contributed by atoms with Crippen LogP contribution in [0.5, 0.6) is 5.75 Å². The monoisotopic (exact) mass is 346 g/mol. The minimum atomic E-state index is -4.67. The van der Waals surface area contributed by atoms with Gasteiger partial charge in [-0.15, -0.1) is 0 Å².